The number of rotatable bonds is 1. The van der Waals surface area contributed by atoms with Gasteiger partial charge < -0.3 is 0 Å². The number of nitrogens with one attached hydrogen (secondary N) is 1. The van der Waals surface area contributed by atoms with Gasteiger partial charge in [0.25, 0.3) is 0 Å². The SMILES string of the molecule is N=C=c1cc[n+](=NS(=O)(=O)C(F)(F)F)cc1. The zero-order valence-electron chi connectivity index (χ0n) is 7.56. The summed E-state index contributed by atoms with van der Waals surface area (Å²) in [5.74, 6) is 1.97. The molecule has 86 valence electrons. The molecule has 0 atom stereocenters. The smallest absolute Gasteiger partial charge is 0.258 e. The first-order valence-electron chi connectivity index (χ1n) is 3.75. The molecule has 1 aromatic rings. The van der Waals surface area contributed by atoms with Gasteiger partial charge in [0.1, 0.15) is 4.52 Å². The Kier molecular flexibility index (Phi) is 3.11. The highest BCUT2D eigenvalue weighted by Gasteiger charge is 2.48. The van der Waals surface area contributed by atoms with Gasteiger partial charge in [-0.25, -0.2) is 0 Å². The van der Waals surface area contributed by atoms with Gasteiger partial charge in [-0.05, 0) is 10.2 Å². The molecule has 0 radical (unpaired) electrons. The largest absolute Gasteiger partial charge is 0.523 e. The summed E-state index contributed by atoms with van der Waals surface area (Å²) in [5.41, 5.74) is -5.42. The van der Waals surface area contributed by atoms with Gasteiger partial charge in [0.05, 0.1) is 0 Å². The van der Waals surface area contributed by atoms with E-state index in [1.54, 1.807) is 0 Å². The lowest BCUT2D eigenvalue weighted by atomic mass is 10.4. The van der Waals surface area contributed by atoms with Crippen molar-refractivity contribution in [2.24, 2.45) is 4.52 Å². The molecule has 1 aromatic heterocycles. The van der Waals surface area contributed by atoms with E-state index in [1.807, 2.05) is 5.87 Å². The maximum absolute atomic E-state index is 11.9. The van der Waals surface area contributed by atoms with E-state index in [4.69, 9.17) is 5.41 Å². The Morgan fingerprint density at radius 3 is 2.19 bits per heavy atom. The molecule has 1 N–H and O–H groups in total. The summed E-state index contributed by atoms with van der Waals surface area (Å²) in [4.78, 5) is 0. The van der Waals surface area contributed by atoms with Crippen LogP contribution in [0.15, 0.2) is 29.0 Å². The van der Waals surface area contributed by atoms with Crippen molar-refractivity contribution in [2.75, 3.05) is 0 Å². The molecule has 0 spiro atoms. The highest BCUT2D eigenvalue weighted by atomic mass is 32.2. The average molecular weight is 252 g/mol. The predicted molar refractivity (Wildman–Crippen MR) is 45.9 cm³/mol. The lowest BCUT2D eigenvalue weighted by Crippen LogP contribution is -2.28. The van der Waals surface area contributed by atoms with Gasteiger partial charge in [-0.1, -0.05) is 0 Å². The minimum atomic E-state index is -5.55. The monoisotopic (exact) mass is 252 g/mol. The van der Waals surface area contributed by atoms with Crippen molar-refractivity contribution in [3.05, 3.63) is 29.7 Å². The maximum Gasteiger partial charge on any atom is 0.523 e. The van der Waals surface area contributed by atoms with Gasteiger partial charge in [-0.2, -0.15) is 21.6 Å². The Morgan fingerprint density at radius 2 is 1.81 bits per heavy atom. The topological polar surface area (TPSA) is 76.2 Å². The lowest BCUT2D eigenvalue weighted by molar-refractivity contribution is -0.538. The highest BCUT2D eigenvalue weighted by Crippen LogP contribution is 2.23. The molecule has 0 saturated carbocycles. The van der Waals surface area contributed by atoms with Crippen LogP contribution in [0.5, 0.6) is 0 Å². The van der Waals surface area contributed by atoms with Crippen LogP contribution in [0.3, 0.4) is 0 Å². The molecule has 0 saturated heterocycles. The summed E-state index contributed by atoms with van der Waals surface area (Å²) in [6.07, 6.45) is 1.94. The molecule has 0 fully saturated rings. The molecular formula is C7H5F3N3O2S+. The molecule has 0 bridgehead atoms. The molecule has 0 aliphatic carbocycles. The molecule has 0 amide bonds. The quantitative estimate of drug-likeness (QED) is 0.554. The third kappa shape index (κ3) is 2.65. The zero-order valence-corrected chi connectivity index (χ0v) is 8.38. The van der Waals surface area contributed by atoms with Crippen molar-refractivity contribution in [3.8, 4) is 0 Å². The van der Waals surface area contributed by atoms with E-state index >= 15 is 0 Å². The summed E-state index contributed by atoms with van der Waals surface area (Å²) in [6, 6.07) is 2.39. The summed E-state index contributed by atoms with van der Waals surface area (Å²) >= 11 is 0. The first-order chi connectivity index (χ1) is 7.26. The number of hydrogen-bond acceptors (Lipinski definition) is 3. The molecule has 1 rings (SSSR count). The first kappa shape index (κ1) is 12.3. The Morgan fingerprint density at radius 1 is 1.31 bits per heavy atom. The fourth-order valence-corrected chi connectivity index (χ4v) is 1.18. The minimum Gasteiger partial charge on any atom is -0.258 e. The van der Waals surface area contributed by atoms with Gasteiger partial charge in [0.15, 0.2) is 0 Å². The molecular weight excluding hydrogens is 247 g/mol. The Labute approximate surface area is 87.7 Å². The molecule has 16 heavy (non-hydrogen) atoms. The molecule has 1 heterocycles. The zero-order chi connectivity index (χ0) is 12.4. The molecule has 0 unspecified atom stereocenters. The van der Waals surface area contributed by atoms with Crippen LogP contribution in [0.4, 0.5) is 13.2 Å². The summed E-state index contributed by atoms with van der Waals surface area (Å²) in [6.45, 7) is 0. The standard InChI is InChI=1S/C7H5F3N3O2S/c8-7(9,10)16(14,15)12-13-3-1-6(5-11)2-4-13/h1-4,11H/q+1. The fourth-order valence-electron chi connectivity index (χ4n) is 0.727. The van der Waals surface area contributed by atoms with Crippen LogP contribution in [0.25, 0.3) is 0 Å². The first-order valence-corrected chi connectivity index (χ1v) is 5.19. The number of halogens is 3. The number of sulfonamides is 1. The van der Waals surface area contributed by atoms with Crippen molar-refractivity contribution in [2.45, 2.75) is 5.51 Å². The molecule has 5 nitrogen and oxygen atoms in total. The predicted octanol–water partition coefficient (Wildman–Crippen LogP) is -0.225. The number of alkyl halides is 3. The van der Waals surface area contributed by atoms with Crippen molar-refractivity contribution in [1.82, 2.24) is 0 Å². The van der Waals surface area contributed by atoms with Crippen molar-refractivity contribution in [3.63, 3.8) is 0 Å². The Hall–Kier alpha value is -1.73. The van der Waals surface area contributed by atoms with Crippen LogP contribution in [0, 0.1) is 5.41 Å². The average Bonchev–Trinajstić information content (AvgIpc) is 2.16. The van der Waals surface area contributed by atoms with Gasteiger partial charge in [0, 0.05) is 17.4 Å². The lowest BCUT2D eigenvalue weighted by Gasteiger charge is -1.97. The summed E-state index contributed by atoms with van der Waals surface area (Å²) in [7, 11) is -5.55. The van der Waals surface area contributed by atoms with Crippen molar-refractivity contribution in [1.29, 1.82) is 5.41 Å². The third-order valence-electron chi connectivity index (χ3n) is 1.45. The second kappa shape index (κ2) is 4.03. The van der Waals surface area contributed by atoms with Gasteiger partial charge in [-0.3, -0.25) is 5.41 Å². The van der Waals surface area contributed by atoms with Crippen LogP contribution in [-0.2, 0) is 10.0 Å². The second-order valence-electron chi connectivity index (χ2n) is 2.59. The summed E-state index contributed by atoms with van der Waals surface area (Å²) < 4.78 is 60.0. The summed E-state index contributed by atoms with van der Waals surface area (Å²) in [5, 5.41) is 6.99. The van der Waals surface area contributed by atoms with Crippen LogP contribution in [0.1, 0.15) is 0 Å². The van der Waals surface area contributed by atoms with Gasteiger partial charge in [0.2, 0.25) is 12.4 Å². The van der Waals surface area contributed by atoms with E-state index in [0.29, 0.717) is 4.36 Å². The Bertz CT molecular complexity index is 608. The number of hydrogen-bond donors (Lipinski definition) is 1. The van der Waals surface area contributed by atoms with Crippen LogP contribution >= 0.6 is 0 Å². The van der Waals surface area contributed by atoms with Crippen LogP contribution in [-0.4, -0.2) is 19.8 Å². The van der Waals surface area contributed by atoms with Gasteiger partial charge in [-0.15, -0.1) is 0 Å². The fraction of sp³-hybridized carbons (Fsp3) is 0.143. The van der Waals surface area contributed by atoms with E-state index in [2.05, 4.69) is 4.52 Å². The highest BCUT2D eigenvalue weighted by molar-refractivity contribution is 7.90. The van der Waals surface area contributed by atoms with Crippen LogP contribution < -0.4 is 9.58 Å². The van der Waals surface area contributed by atoms with E-state index < -0.39 is 15.5 Å². The molecule has 0 aliphatic rings. The third-order valence-corrected chi connectivity index (χ3v) is 2.44. The van der Waals surface area contributed by atoms with E-state index in [1.165, 1.54) is 12.1 Å². The van der Waals surface area contributed by atoms with E-state index in [9.17, 15) is 21.6 Å². The number of nitrogens with zero attached hydrogens (tertiary/aromatic N) is 2. The van der Waals surface area contributed by atoms with Crippen molar-refractivity contribution >= 4 is 15.9 Å². The number of aromatic nitrogens is 1. The molecule has 0 aliphatic heterocycles. The second-order valence-corrected chi connectivity index (χ2v) is 4.17. The molecule has 0 aromatic carbocycles. The Balaban J connectivity index is 3.35. The molecule has 9 heteroatoms. The van der Waals surface area contributed by atoms with Crippen molar-refractivity contribution < 1.29 is 26.0 Å². The van der Waals surface area contributed by atoms with Gasteiger partial charge >= 0.3 is 15.5 Å². The van der Waals surface area contributed by atoms with Crippen LogP contribution in [0.2, 0.25) is 0 Å². The minimum absolute atomic E-state index is 0.288. The van der Waals surface area contributed by atoms with E-state index in [0.717, 1.165) is 12.4 Å². The maximum atomic E-state index is 11.9. The van der Waals surface area contributed by atoms with E-state index in [-0.39, 0.29) is 5.22 Å². The normalized spacial score (nSPS) is 11.9. The number of pyridine rings is 1.